The Morgan fingerprint density at radius 2 is 2.10 bits per heavy atom. The van der Waals surface area contributed by atoms with Crippen LogP contribution in [0.25, 0.3) is 0 Å². The zero-order valence-corrected chi connectivity index (χ0v) is 14.2. The maximum atomic E-state index is 12.7. The Morgan fingerprint density at radius 3 is 2.60 bits per heavy atom. The molecule has 2 rings (SSSR count). The first-order valence-electron chi connectivity index (χ1n) is 6.64. The third kappa shape index (κ3) is 2.78. The van der Waals surface area contributed by atoms with Crippen molar-refractivity contribution in [1.29, 1.82) is 0 Å². The second kappa shape index (κ2) is 5.73. The van der Waals surface area contributed by atoms with Crippen molar-refractivity contribution in [3.8, 4) is 0 Å². The van der Waals surface area contributed by atoms with Gasteiger partial charge in [0.25, 0.3) is 0 Å². The molecule has 1 saturated heterocycles. The molecule has 2 unspecified atom stereocenters. The van der Waals surface area contributed by atoms with E-state index in [9.17, 15) is 8.42 Å². The first-order valence-corrected chi connectivity index (χ1v) is 8.96. The van der Waals surface area contributed by atoms with Crippen LogP contribution in [0.3, 0.4) is 0 Å². The maximum absolute atomic E-state index is 12.7. The van der Waals surface area contributed by atoms with Gasteiger partial charge in [0.15, 0.2) is 0 Å². The highest BCUT2D eigenvalue weighted by Crippen LogP contribution is 2.38. The number of aryl methyl sites for hydroxylation is 1. The number of nitrogens with zero attached hydrogens (tertiary/aromatic N) is 2. The smallest absolute Gasteiger partial charge is 0.221 e. The predicted octanol–water partition coefficient (Wildman–Crippen LogP) is 2.01. The van der Waals surface area contributed by atoms with Crippen LogP contribution in [0.15, 0.2) is 12.1 Å². The monoisotopic (exact) mass is 318 g/mol. The van der Waals surface area contributed by atoms with Crippen LogP contribution in [-0.4, -0.2) is 49.8 Å². The average molecular weight is 318 g/mol. The molecular formula is C13H22N2O3S2. The van der Waals surface area contributed by atoms with Crippen LogP contribution in [0.4, 0.5) is 0 Å². The fourth-order valence-electron chi connectivity index (χ4n) is 2.33. The summed E-state index contributed by atoms with van der Waals surface area (Å²) in [6, 6.07) is 3.71. The molecule has 1 aromatic heterocycles. The summed E-state index contributed by atoms with van der Waals surface area (Å²) >= 11 is 1.62. The van der Waals surface area contributed by atoms with E-state index in [0.29, 0.717) is 0 Å². The summed E-state index contributed by atoms with van der Waals surface area (Å²) in [7, 11) is 0.0446. The highest BCUT2D eigenvalue weighted by atomic mass is 32.2. The molecule has 0 aromatic carbocycles. The highest BCUT2D eigenvalue weighted by Gasteiger charge is 2.45. The molecule has 0 bridgehead atoms. The van der Waals surface area contributed by atoms with Gasteiger partial charge >= 0.3 is 0 Å². The summed E-state index contributed by atoms with van der Waals surface area (Å²) in [6.07, 6.45) is 0. The molecule has 1 aliphatic heterocycles. The fraction of sp³-hybridized carbons (Fsp3) is 0.692. The fourth-order valence-corrected chi connectivity index (χ4v) is 5.38. The molecule has 0 amide bonds. The standard InChI is InChI=1S/C13H22N2O3S2/c1-9(2)15(5)20(16,17)12-8-18-14(4)13(12)11-7-6-10(3)19-11/h6-7,9,12-13H,8H2,1-5H3. The van der Waals surface area contributed by atoms with Crippen LogP contribution in [0.1, 0.15) is 29.6 Å². The van der Waals surface area contributed by atoms with E-state index in [-0.39, 0.29) is 18.7 Å². The summed E-state index contributed by atoms with van der Waals surface area (Å²) in [5.41, 5.74) is 0. The average Bonchev–Trinajstić information content (AvgIpc) is 2.94. The minimum Gasteiger partial charge on any atom is -0.297 e. The first-order chi connectivity index (χ1) is 9.25. The van der Waals surface area contributed by atoms with Gasteiger partial charge in [-0.05, 0) is 32.9 Å². The number of hydroxylamine groups is 2. The Hall–Kier alpha value is -0.470. The zero-order chi connectivity index (χ0) is 15.1. The Bertz CT molecular complexity index is 568. The van der Waals surface area contributed by atoms with Crippen LogP contribution in [0.5, 0.6) is 0 Å². The van der Waals surface area contributed by atoms with Gasteiger partial charge in [0.2, 0.25) is 10.0 Å². The SMILES string of the molecule is Cc1ccc(C2C(S(=O)(=O)N(C)C(C)C)CON2C)s1. The van der Waals surface area contributed by atoms with Crippen molar-refractivity contribution in [3.05, 3.63) is 21.9 Å². The largest absolute Gasteiger partial charge is 0.297 e. The van der Waals surface area contributed by atoms with Crippen molar-refractivity contribution in [1.82, 2.24) is 9.37 Å². The van der Waals surface area contributed by atoms with Gasteiger partial charge in [-0.2, -0.15) is 5.06 Å². The molecule has 0 saturated carbocycles. The molecule has 114 valence electrons. The first kappa shape index (κ1) is 15.9. The van der Waals surface area contributed by atoms with E-state index >= 15 is 0 Å². The topological polar surface area (TPSA) is 49.9 Å². The maximum Gasteiger partial charge on any atom is 0.221 e. The van der Waals surface area contributed by atoms with Crippen LogP contribution < -0.4 is 0 Å². The molecule has 7 heteroatoms. The van der Waals surface area contributed by atoms with Crippen molar-refractivity contribution in [3.63, 3.8) is 0 Å². The van der Waals surface area contributed by atoms with Crippen LogP contribution in [0, 0.1) is 6.92 Å². The lowest BCUT2D eigenvalue weighted by Crippen LogP contribution is -2.43. The normalized spacial score (nSPS) is 24.9. The number of rotatable bonds is 4. The Labute approximate surface area is 125 Å². The van der Waals surface area contributed by atoms with E-state index in [1.807, 2.05) is 32.9 Å². The molecule has 5 nitrogen and oxygen atoms in total. The van der Waals surface area contributed by atoms with Gasteiger partial charge in [0, 0.05) is 29.9 Å². The van der Waals surface area contributed by atoms with Gasteiger partial charge < -0.3 is 0 Å². The molecule has 0 N–H and O–H groups in total. The molecule has 2 atom stereocenters. The minimum absolute atomic E-state index is 0.0587. The van der Waals surface area contributed by atoms with Crippen molar-refractivity contribution in [2.75, 3.05) is 20.7 Å². The number of sulfonamides is 1. The van der Waals surface area contributed by atoms with Crippen LogP contribution in [-0.2, 0) is 14.9 Å². The minimum atomic E-state index is -3.39. The number of hydrogen-bond donors (Lipinski definition) is 0. The molecule has 0 radical (unpaired) electrons. The van der Waals surface area contributed by atoms with Gasteiger partial charge in [-0.15, -0.1) is 11.3 Å². The molecule has 2 heterocycles. The van der Waals surface area contributed by atoms with Gasteiger partial charge in [-0.1, -0.05) is 0 Å². The van der Waals surface area contributed by atoms with Gasteiger partial charge in [0.05, 0.1) is 12.6 Å². The summed E-state index contributed by atoms with van der Waals surface area (Å²) < 4.78 is 26.9. The van der Waals surface area contributed by atoms with Crippen molar-refractivity contribution in [2.45, 2.75) is 38.1 Å². The Balaban J connectivity index is 2.36. The third-order valence-corrected chi connectivity index (χ3v) is 7.21. The summed E-state index contributed by atoms with van der Waals surface area (Å²) in [6.45, 7) is 5.98. The Morgan fingerprint density at radius 1 is 1.45 bits per heavy atom. The van der Waals surface area contributed by atoms with Gasteiger partial charge in [-0.25, -0.2) is 12.7 Å². The molecule has 0 aliphatic carbocycles. The van der Waals surface area contributed by atoms with E-state index in [4.69, 9.17) is 4.84 Å². The van der Waals surface area contributed by atoms with Crippen LogP contribution >= 0.6 is 11.3 Å². The zero-order valence-electron chi connectivity index (χ0n) is 12.5. The number of hydrogen-bond acceptors (Lipinski definition) is 5. The molecule has 20 heavy (non-hydrogen) atoms. The molecule has 1 fully saturated rings. The van der Waals surface area contributed by atoms with E-state index < -0.39 is 15.3 Å². The quantitative estimate of drug-likeness (QED) is 0.852. The van der Waals surface area contributed by atoms with Crippen LogP contribution in [0.2, 0.25) is 0 Å². The highest BCUT2D eigenvalue weighted by molar-refractivity contribution is 7.89. The van der Waals surface area contributed by atoms with Crippen molar-refractivity contribution >= 4 is 21.4 Å². The van der Waals surface area contributed by atoms with E-state index in [1.54, 1.807) is 30.5 Å². The van der Waals surface area contributed by atoms with Gasteiger partial charge in [-0.3, -0.25) is 4.84 Å². The van der Waals surface area contributed by atoms with E-state index in [2.05, 4.69) is 0 Å². The lowest BCUT2D eigenvalue weighted by molar-refractivity contribution is -0.110. The van der Waals surface area contributed by atoms with E-state index in [0.717, 1.165) is 4.88 Å². The summed E-state index contributed by atoms with van der Waals surface area (Å²) in [5.74, 6) is 0. The summed E-state index contributed by atoms with van der Waals surface area (Å²) in [5, 5.41) is 1.11. The van der Waals surface area contributed by atoms with Crippen molar-refractivity contribution < 1.29 is 13.3 Å². The second-order valence-electron chi connectivity index (χ2n) is 5.43. The van der Waals surface area contributed by atoms with Gasteiger partial charge in [0.1, 0.15) is 5.25 Å². The van der Waals surface area contributed by atoms with Crippen molar-refractivity contribution in [2.24, 2.45) is 0 Å². The Kier molecular flexibility index (Phi) is 4.56. The number of thiophene rings is 1. The lowest BCUT2D eigenvalue weighted by Gasteiger charge is -2.27. The lowest BCUT2D eigenvalue weighted by atomic mass is 10.2. The third-order valence-electron chi connectivity index (χ3n) is 3.75. The molecular weight excluding hydrogens is 296 g/mol. The molecule has 0 spiro atoms. The van der Waals surface area contributed by atoms with E-state index in [1.165, 1.54) is 9.18 Å². The molecule has 1 aromatic rings. The second-order valence-corrected chi connectivity index (χ2v) is 8.96. The molecule has 1 aliphatic rings. The summed E-state index contributed by atoms with van der Waals surface area (Å²) in [4.78, 5) is 7.70. The predicted molar refractivity (Wildman–Crippen MR) is 81.1 cm³/mol.